The van der Waals surface area contributed by atoms with Crippen molar-refractivity contribution >= 4 is 33.4 Å². The number of rotatable bonds is 6. The van der Waals surface area contributed by atoms with E-state index >= 15 is 0 Å². The molecule has 2 aliphatic heterocycles. The number of carbonyl (C=O) groups excluding carboxylic acids is 1. The molecule has 0 bridgehead atoms. The fraction of sp³-hybridized carbons (Fsp3) is 0.519. The van der Waals surface area contributed by atoms with Gasteiger partial charge in [-0.3, -0.25) is 9.79 Å². The number of hydrogen-bond acceptors (Lipinski definition) is 5. The first-order chi connectivity index (χ1) is 17.6. The van der Waals surface area contributed by atoms with Gasteiger partial charge in [-0.2, -0.15) is 13.2 Å². The van der Waals surface area contributed by atoms with Crippen molar-refractivity contribution in [2.75, 3.05) is 11.4 Å². The summed E-state index contributed by atoms with van der Waals surface area (Å²) < 4.78 is 46.8. The SMILES string of the molecule is C[C@H]1C[C@@]2(CCN1c1cc(Br)ccc1COC1CC1)N=C(c1ccc(C(F)(F)F)nc1C1CC1)NC2=O. The second-order valence-corrected chi connectivity index (χ2v) is 11.5. The zero-order valence-electron chi connectivity index (χ0n) is 20.4. The van der Waals surface area contributed by atoms with Gasteiger partial charge < -0.3 is 15.0 Å². The molecule has 1 aromatic carbocycles. The number of nitrogens with zero attached hydrogens (tertiary/aromatic N) is 3. The third-order valence-corrected chi connectivity index (χ3v) is 8.20. The summed E-state index contributed by atoms with van der Waals surface area (Å²) in [5.74, 6) is 0.124. The number of alkyl halides is 3. The number of aliphatic imine (C=N–C) groups is 1. The van der Waals surface area contributed by atoms with Gasteiger partial charge in [0.15, 0.2) is 0 Å². The minimum absolute atomic E-state index is 0.0187. The van der Waals surface area contributed by atoms with Crippen LogP contribution in [0.3, 0.4) is 0 Å². The molecule has 196 valence electrons. The number of aromatic nitrogens is 1. The maximum atomic E-state index is 13.3. The van der Waals surface area contributed by atoms with Crippen molar-refractivity contribution in [2.45, 2.75) is 81.8 Å². The molecule has 4 aliphatic rings. The fourth-order valence-corrected chi connectivity index (χ4v) is 5.76. The fourth-order valence-electron chi connectivity index (χ4n) is 5.41. The highest BCUT2D eigenvalue weighted by molar-refractivity contribution is 9.10. The molecule has 2 atom stereocenters. The molecule has 2 aliphatic carbocycles. The van der Waals surface area contributed by atoms with Crippen LogP contribution in [0, 0.1) is 0 Å². The number of carbonyl (C=O) groups is 1. The van der Waals surface area contributed by atoms with Crippen molar-refractivity contribution < 1.29 is 22.7 Å². The smallest absolute Gasteiger partial charge is 0.373 e. The first kappa shape index (κ1) is 24.9. The lowest BCUT2D eigenvalue weighted by Crippen LogP contribution is -2.53. The number of amides is 1. The summed E-state index contributed by atoms with van der Waals surface area (Å²) in [7, 11) is 0. The van der Waals surface area contributed by atoms with E-state index < -0.39 is 17.4 Å². The van der Waals surface area contributed by atoms with E-state index in [1.165, 1.54) is 6.07 Å². The summed E-state index contributed by atoms with van der Waals surface area (Å²) in [5, 5.41) is 2.89. The molecule has 0 radical (unpaired) electrons. The molecule has 1 N–H and O–H groups in total. The number of anilines is 1. The van der Waals surface area contributed by atoms with Gasteiger partial charge in [0.2, 0.25) is 0 Å². The zero-order valence-corrected chi connectivity index (χ0v) is 22.0. The van der Waals surface area contributed by atoms with Crippen LogP contribution in [0.15, 0.2) is 39.8 Å². The molecule has 1 spiro atoms. The van der Waals surface area contributed by atoms with E-state index in [1.54, 1.807) is 0 Å². The van der Waals surface area contributed by atoms with Gasteiger partial charge in [0.1, 0.15) is 17.1 Å². The number of hydrogen-bond donors (Lipinski definition) is 1. The average Bonchev–Trinajstić information content (AvgIpc) is 3.77. The quantitative estimate of drug-likeness (QED) is 0.477. The minimum Gasteiger partial charge on any atom is -0.373 e. The lowest BCUT2D eigenvalue weighted by atomic mass is 9.83. The first-order valence-electron chi connectivity index (χ1n) is 12.8. The van der Waals surface area contributed by atoms with Crippen LogP contribution < -0.4 is 10.2 Å². The second kappa shape index (κ2) is 9.08. The van der Waals surface area contributed by atoms with Crippen LogP contribution in [0.1, 0.15) is 73.9 Å². The van der Waals surface area contributed by atoms with E-state index in [2.05, 4.69) is 50.2 Å². The zero-order chi connectivity index (χ0) is 25.9. The maximum Gasteiger partial charge on any atom is 0.433 e. The van der Waals surface area contributed by atoms with Gasteiger partial charge in [0, 0.05) is 46.2 Å². The normalized spacial score (nSPS) is 26.0. The molecule has 3 heterocycles. The maximum absolute atomic E-state index is 13.3. The third-order valence-electron chi connectivity index (χ3n) is 7.70. The van der Waals surface area contributed by atoms with Crippen LogP contribution >= 0.6 is 15.9 Å². The second-order valence-electron chi connectivity index (χ2n) is 10.6. The summed E-state index contributed by atoms with van der Waals surface area (Å²) in [6.07, 6.45) is 0.662. The molecule has 2 saturated carbocycles. The molecule has 2 aromatic rings. The van der Waals surface area contributed by atoms with Gasteiger partial charge in [-0.15, -0.1) is 0 Å². The van der Waals surface area contributed by atoms with E-state index in [0.717, 1.165) is 47.5 Å². The van der Waals surface area contributed by atoms with E-state index in [1.807, 2.05) is 6.07 Å². The third kappa shape index (κ3) is 4.90. The Morgan fingerprint density at radius 2 is 1.97 bits per heavy atom. The lowest BCUT2D eigenvalue weighted by molar-refractivity contribution is -0.141. The molecular formula is C27H28BrF3N4O2. The first-order valence-corrected chi connectivity index (χ1v) is 13.6. The van der Waals surface area contributed by atoms with Gasteiger partial charge in [0.05, 0.1) is 18.4 Å². The molecular weight excluding hydrogens is 549 g/mol. The van der Waals surface area contributed by atoms with Crippen LogP contribution in [0.4, 0.5) is 18.9 Å². The number of ether oxygens (including phenoxy) is 1. The van der Waals surface area contributed by atoms with Crippen LogP contribution in [0.25, 0.3) is 0 Å². The standard InChI is InChI=1S/C27H28BrF3N4O2/c1-15-13-26(10-11-35(15)21-12-18(28)5-4-17(21)14-37-19-6-7-19)25(36)33-24(34-26)20-8-9-22(27(29,30)31)32-23(20)16-2-3-16/h4-5,8-9,12,15-16,19H,2-3,6-7,10-11,13-14H2,1H3,(H,33,34,36)/t15-,26+/m0/s1. The highest BCUT2D eigenvalue weighted by Gasteiger charge is 2.49. The summed E-state index contributed by atoms with van der Waals surface area (Å²) in [6, 6.07) is 8.60. The Morgan fingerprint density at radius 3 is 2.65 bits per heavy atom. The number of pyridine rings is 1. The largest absolute Gasteiger partial charge is 0.433 e. The number of piperidine rings is 1. The molecule has 37 heavy (non-hydrogen) atoms. The number of halogens is 4. The van der Waals surface area contributed by atoms with Gasteiger partial charge in [-0.25, -0.2) is 4.98 Å². The monoisotopic (exact) mass is 576 g/mol. The Kier molecular flexibility index (Phi) is 6.10. The van der Waals surface area contributed by atoms with Crippen LogP contribution in [0.5, 0.6) is 0 Å². The molecule has 3 fully saturated rings. The van der Waals surface area contributed by atoms with Gasteiger partial charge >= 0.3 is 6.18 Å². The van der Waals surface area contributed by atoms with Crippen molar-refractivity contribution in [1.29, 1.82) is 0 Å². The van der Waals surface area contributed by atoms with E-state index in [4.69, 9.17) is 9.73 Å². The van der Waals surface area contributed by atoms with Crippen molar-refractivity contribution in [2.24, 2.45) is 4.99 Å². The van der Waals surface area contributed by atoms with E-state index in [9.17, 15) is 18.0 Å². The van der Waals surface area contributed by atoms with Gasteiger partial charge in [0.25, 0.3) is 5.91 Å². The van der Waals surface area contributed by atoms with Gasteiger partial charge in [-0.05, 0) is 63.3 Å². The summed E-state index contributed by atoms with van der Waals surface area (Å²) in [5.41, 5.74) is 1.24. The summed E-state index contributed by atoms with van der Waals surface area (Å²) >= 11 is 3.59. The van der Waals surface area contributed by atoms with E-state index in [-0.39, 0.29) is 17.9 Å². The predicted octanol–water partition coefficient (Wildman–Crippen LogP) is 5.72. The topological polar surface area (TPSA) is 66.8 Å². The molecule has 1 amide bonds. The number of nitrogens with one attached hydrogen (secondary N) is 1. The Bertz CT molecular complexity index is 1270. The Balaban J connectivity index is 1.26. The average molecular weight is 577 g/mol. The van der Waals surface area contributed by atoms with Crippen LogP contribution in [0.2, 0.25) is 0 Å². The predicted molar refractivity (Wildman–Crippen MR) is 137 cm³/mol. The van der Waals surface area contributed by atoms with Crippen molar-refractivity contribution in [3.8, 4) is 0 Å². The molecule has 0 unspecified atom stereocenters. The van der Waals surface area contributed by atoms with Crippen LogP contribution in [-0.2, 0) is 22.3 Å². The summed E-state index contributed by atoms with van der Waals surface area (Å²) in [6.45, 7) is 3.26. The lowest BCUT2D eigenvalue weighted by Gasteiger charge is -2.42. The Hall–Kier alpha value is -2.46. The van der Waals surface area contributed by atoms with Crippen molar-refractivity contribution in [3.63, 3.8) is 0 Å². The molecule has 6 nitrogen and oxygen atoms in total. The Morgan fingerprint density at radius 1 is 1.19 bits per heavy atom. The van der Waals surface area contributed by atoms with Gasteiger partial charge in [-0.1, -0.05) is 22.0 Å². The summed E-state index contributed by atoms with van der Waals surface area (Å²) in [4.78, 5) is 24.4. The minimum atomic E-state index is -4.51. The number of benzene rings is 1. The number of amidine groups is 1. The molecule has 6 rings (SSSR count). The highest BCUT2D eigenvalue weighted by atomic mass is 79.9. The van der Waals surface area contributed by atoms with E-state index in [0.29, 0.717) is 49.2 Å². The van der Waals surface area contributed by atoms with Crippen LogP contribution in [-0.4, -0.2) is 41.0 Å². The molecule has 1 aromatic heterocycles. The molecule has 10 heteroatoms. The van der Waals surface area contributed by atoms with Crippen molar-refractivity contribution in [3.05, 3.63) is 57.3 Å². The molecule has 1 saturated heterocycles. The van der Waals surface area contributed by atoms with Crippen molar-refractivity contribution in [1.82, 2.24) is 10.3 Å². The highest BCUT2D eigenvalue weighted by Crippen LogP contribution is 2.44. The Labute approximate surface area is 221 Å².